The molecule has 0 saturated heterocycles. The Hall–Kier alpha value is -3.36. The summed E-state index contributed by atoms with van der Waals surface area (Å²) in [6, 6.07) is 9.39. The SMILES string of the molecule is CCCOc1ccc(C)cc1N=N/C(C(=O)Nc1cccc(C(F)(F)F)c1)=C(/C)O. The minimum absolute atomic E-state index is 0.0914. The van der Waals surface area contributed by atoms with E-state index in [1.165, 1.54) is 19.1 Å². The fourth-order valence-corrected chi connectivity index (χ4v) is 2.39. The van der Waals surface area contributed by atoms with Crippen molar-refractivity contribution in [1.82, 2.24) is 0 Å². The van der Waals surface area contributed by atoms with Gasteiger partial charge in [0.25, 0.3) is 5.91 Å². The van der Waals surface area contributed by atoms with E-state index in [4.69, 9.17) is 4.74 Å². The molecule has 2 aromatic rings. The summed E-state index contributed by atoms with van der Waals surface area (Å²) in [5.41, 5.74) is -0.200. The fourth-order valence-electron chi connectivity index (χ4n) is 2.39. The Kier molecular flexibility index (Phi) is 7.57. The van der Waals surface area contributed by atoms with Gasteiger partial charge in [0.2, 0.25) is 0 Å². The van der Waals surface area contributed by atoms with Gasteiger partial charge in [-0.05, 0) is 56.2 Å². The largest absolute Gasteiger partial charge is 0.510 e. The van der Waals surface area contributed by atoms with E-state index in [0.29, 0.717) is 18.0 Å². The quantitative estimate of drug-likeness (QED) is 0.312. The van der Waals surface area contributed by atoms with Gasteiger partial charge in [0.05, 0.1) is 12.2 Å². The zero-order chi connectivity index (χ0) is 22.3. The molecule has 0 saturated carbocycles. The fraction of sp³-hybridized carbons (Fsp3) is 0.286. The van der Waals surface area contributed by atoms with Crippen molar-refractivity contribution in [2.45, 2.75) is 33.4 Å². The highest BCUT2D eigenvalue weighted by atomic mass is 19.4. The number of nitrogens with zero attached hydrogens (tertiary/aromatic N) is 2. The van der Waals surface area contributed by atoms with Crippen molar-refractivity contribution in [2.75, 3.05) is 11.9 Å². The second-order valence-electron chi connectivity index (χ2n) is 6.49. The number of anilines is 1. The lowest BCUT2D eigenvalue weighted by atomic mass is 10.2. The smallest absolute Gasteiger partial charge is 0.416 e. The molecule has 30 heavy (non-hydrogen) atoms. The molecule has 2 rings (SSSR count). The average molecular weight is 421 g/mol. The first kappa shape index (κ1) is 22.9. The van der Waals surface area contributed by atoms with Crippen molar-refractivity contribution in [3.63, 3.8) is 0 Å². The minimum atomic E-state index is -4.55. The Bertz CT molecular complexity index is 965. The van der Waals surface area contributed by atoms with Crippen LogP contribution >= 0.6 is 0 Å². The maximum atomic E-state index is 12.9. The number of rotatable bonds is 7. The number of aliphatic hydroxyl groups is 1. The predicted molar refractivity (Wildman–Crippen MR) is 107 cm³/mol. The van der Waals surface area contributed by atoms with Crippen molar-refractivity contribution in [3.8, 4) is 5.75 Å². The second kappa shape index (κ2) is 9.91. The van der Waals surface area contributed by atoms with E-state index in [0.717, 1.165) is 24.1 Å². The highest BCUT2D eigenvalue weighted by Gasteiger charge is 2.30. The zero-order valence-corrected chi connectivity index (χ0v) is 16.7. The highest BCUT2D eigenvalue weighted by molar-refractivity contribution is 6.03. The number of alkyl halides is 3. The Morgan fingerprint density at radius 3 is 2.57 bits per heavy atom. The maximum Gasteiger partial charge on any atom is 0.416 e. The van der Waals surface area contributed by atoms with Crippen LogP contribution in [0, 0.1) is 6.92 Å². The van der Waals surface area contributed by atoms with Gasteiger partial charge >= 0.3 is 6.18 Å². The molecule has 0 aromatic heterocycles. The van der Waals surface area contributed by atoms with E-state index in [2.05, 4.69) is 15.5 Å². The number of azo groups is 1. The van der Waals surface area contributed by atoms with E-state index in [9.17, 15) is 23.1 Å². The third-order valence-electron chi connectivity index (χ3n) is 3.84. The van der Waals surface area contributed by atoms with Gasteiger partial charge < -0.3 is 15.2 Å². The molecule has 2 N–H and O–H groups in total. The summed E-state index contributed by atoms with van der Waals surface area (Å²) in [6.07, 6.45) is -3.77. The summed E-state index contributed by atoms with van der Waals surface area (Å²) in [7, 11) is 0. The number of carbonyl (C=O) groups is 1. The van der Waals surface area contributed by atoms with Crippen LogP contribution in [0.3, 0.4) is 0 Å². The number of hydrogen-bond donors (Lipinski definition) is 2. The molecule has 0 fully saturated rings. The highest BCUT2D eigenvalue weighted by Crippen LogP contribution is 2.31. The third kappa shape index (κ3) is 6.33. The summed E-state index contributed by atoms with van der Waals surface area (Å²) in [5.74, 6) is -0.881. The van der Waals surface area contributed by atoms with Gasteiger partial charge in [0.15, 0.2) is 5.70 Å². The lowest BCUT2D eigenvalue weighted by Gasteiger charge is -2.10. The van der Waals surface area contributed by atoms with Crippen LogP contribution in [0.1, 0.15) is 31.4 Å². The number of benzene rings is 2. The number of ether oxygens (including phenoxy) is 1. The van der Waals surface area contributed by atoms with Crippen molar-refractivity contribution >= 4 is 17.3 Å². The van der Waals surface area contributed by atoms with Gasteiger partial charge in [-0.15, -0.1) is 10.2 Å². The average Bonchev–Trinajstić information content (AvgIpc) is 2.66. The molecule has 0 radical (unpaired) electrons. The van der Waals surface area contributed by atoms with Gasteiger partial charge in [-0.3, -0.25) is 4.79 Å². The lowest BCUT2D eigenvalue weighted by Crippen LogP contribution is -2.15. The number of hydrogen-bond acceptors (Lipinski definition) is 5. The van der Waals surface area contributed by atoms with Crippen LogP contribution in [0.2, 0.25) is 0 Å². The normalized spacial score (nSPS) is 12.6. The van der Waals surface area contributed by atoms with Gasteiger partial charge in [-0.2, -0.15) is 13.2 Å². The van der Waals surface area contributed by atoms with E-state index < -0.39 is 29.1 Å². The number of halogens is 3. The van der Waals surface area contributed by atoms with Gasteiger partial charge in [0, 0.05) is 5.69 Å². The molecule has 0 aliphatic rings. The molecule has 1 amide bonds. The molecular weight excluding hydrogens is 399 g/mol. The monoisotopic (exact) mass is 421 g/mol. The molecule has 0 heterocycles. The molecule has 6 nitrogen and oxygen atoms in total. The van der Waals surface area contributed by atoms with Crippen molar-refractivity contribution in [3.05, 3.63) is 65.0 Å². The van der Waals surface area contributed by atoms with Crippen LogP contribution in [0.4, 0.5) is 24.5 Å². The molecular formula is C21H22F3N3O3. The van der Waals surface area contributed by atoms with E-state index in [-0.39, 0.29) is 5.69 Å². The molecule has 2 aromatic carbocycles. The third-order valence-corrected chi connectivity index (χ3v) is 3.84. The molecule has 160 valence electrons. The van der Waals surface area contributed by atoms with Crippen LogP contribution in [-0.4, -0.2) is 17.6 Å². The molecule has 9 heteroatoms. The molecule has 0 bridgehead atoms. The number of amides is 1. The summed E-state index contributed by atoms with van der Waals surface area (Å²) in [5, 5.41) is 19.9. The zero-order valence-electron chi connectivity index (χ0n) is 16.7. The first-order chi connectivity index (χ1) is 14.1. The van der Waals surface area contributed by atoms with Crippen LogP contribution in [0.25, 0.3) is 0 Å². The lowest BCUT2D eigenvalue weighted by molar-refractivity contribution is -0.137. The number of allylic oxidation sites excluding steroid dienone is 1. The number of carbonyl (C=O) groups excluding carboxylic acids is 1. The predicted octanol–water partition coefficient (Wildman–Crippen LogP) is 6.31. The summed E-state index contributed by atoms with van der Waals surface area (Å²) < 4.78 is 44.2. The van der Waals surface area contributed by atoms with Crippen LogP contribution in [0.5, 0.6) is 5.75 Å². The van der Waals surface area contributed by atoms with Gasteiger partial charge in [-0.25, -0.2) is 0 Å². The van der Waals surface area contributed by atoms with Crippen molar-refractivity contribution in [2.24, 2.45) is 10.2 Å². The first-order valence-electron chi connectivity index (χ1n) is 9.15. The van der Waals surface area contributed by atoms with Crippen LogP contribution in [-0.2, 0) is 11.0 Å². The molecule has 0 atom stereocenters. The molecule has 0 aliphatic heterocycles. The number of aryl methyl sites for hydroxylation is 1. The van der Waals surface area contributed by atoms with Crippen LogP contribution < -0.4 is 10.1 Å². The van der Waals surface area contributed by atoms with Gasteiger partial charge in [0.1, 0.15) is 17.2 Å². The molecule has 0 aliphatic carbocycles. The Balaban J connectivity index is 2.26. The Labute approximate surface area is 172 Å². The van der Waals surface area contributed by atoms with E-state index in [1.807, 2.05) is 19.9 Å². The summed E-state index contributed by atoms with van der Waals surface area (Å²) >= 11 is 0. The van der Waals surface area contributed by atoms with Gasteiger partial charge in [-0.1, -0.05) is 19.1 Å². The number of aliphatic hydroxyl groups excluding tert-OH is 1. The molecule has 0 spiro atoms. The standard InChI is InChI=1S/C21H22F3N3O3/c1-4-10-30-18-9-8-13(2)11-17(18)26-27-19(14(3)28)20(29)25-16-7-5-6-15(12-16)21(22,23)24/h5-9,11-12,28H,4,10H2,1-3H3,(H,25,29)/b19-14-,27-26?. The summed E-state index contributed by atoms with van der Waals surface area (Å²) in [4.78, 5) is 12.5. The Morgan fingerprint density at radius 1 is 1.20 bits per heavy atom. The maximum absolute atomic E-state index is 12.9. The van der Waals surface area contributed by atoms with Crippen molar-refractivity contribution in [1.29, 1.82) is 0 Å². The van der Waals surface area contributed by atoms with Crippen molar-refractivity contribution < 1.29 is 27.8 Å². The number of nitrogens with one attached hydrogen (secondary N) is 1. The van der Waals surface area contributed by atoms with Crippen LogP contribution in [0.15, 0.2) is 64.1 Å². The Morgan fingerprint density at radius 2 is 1.93 bits per heavy atom. The minimum Gasteiger partial charge on any atom is -0.510 e. The van der Waals surface area contributed by atoms with E-state index >= 15 is 0 Å². The second-order valence-corrected chi connectivity index (χ2v) is 6.49. The molecule has 0 unspecified atom stereocenters. The first-order valence-corrected chi connectivity index (χ1v) is 9.15. The summed E-state index contributed by atoms with van der Waals surface area (Å²) in [6.45, 7) is 5.48. The topological polar surface area (TPSA) is 83.3 Å². The van der Waals surface area contributed by atoms with E-state index in [1.54, 1.807) is 12.1 Å².